The number of alkyl carbamates (subject to hydrolysis) is 1. The summed E-state index contributed by atoms with van der Waals surface area (Å²) >= 11 is 7.25. The van der Waals surface area contributed by atoms with Gasteiger partial charge in [0.25, 0.3) is 0 Å². The summed E-state index contributed by atoms with van der Waals surface area (Å²) in [7, 11) is 0. The largest absolute Gasteiger partial charge is 0.444 e. The first-order valence-electron chi connectivity index (χ1n) is 5.33. The third-order valence-corrected chi connectivity index (χ3v) is 2.85. The third-order valence-electron chi connectivity index (χ3n) is 1.67. The number of carbonyl (C=O) groups is 1. The van der Waals surface area contributed by atoms with Gasteiger partial charge >= 0.3 is 6.09 Å². The highest BCUT2D eigenvalue weighted by Gasteiger charge is 2.15. The van der Waals surface area contributed by atoms with Crippen LogP contribution >= 0.6 is 22.9 Å². The Labute approximate surface area is 110 Å². The molecule has 4 nitrogen and oxygen atoms in total. The normalized spacial score (nSPS) is 11.1. The zero-order valence-corrected chi connectivity index (χ0v) is 11.7. The van der Waals surface area contributed by atoms with Crippen LogP contribution in [0.15, 0.2) is 12.1 Å². The molecule has 0 aliphatic rings. The Morgan fingerprint density at radius 2 is 2.12 bits per heavy atom. The van der Waals surface area contributed by atoms with Crippen molar-refractivity contribution in [2.75, 3.05) is 18.4 Å². The summed E-state index contributed by atoms with van der Waals surface area (Å²) in [5, 5.41) is 6.80. The number of ether oxygens (including phenoxy) is 1. The van der Waals surface area contributed by atoms with Crippen LogP contribution in [-0.4, -0.2) is 24.8 Å². The van der Waals surface area contributed by atoms with Crippen LogP contribution in [-0.2, 0) is 4.74 Å². The van der Waals surface area contributed by atoms with Crippen LogP contribution in [0.4, 0.5) is 9.80 Å². The molecule has 0 saturated carbocycles. The minimum Gasteiger partial charge on any atom is -0.444 e. The van der Waals surface area contributed by atoms with Gasteiger partial charge in [-0.2, -0.15) is 0 Å². The van der Waals surface area contributed by atoms with Gasteiger partial charge < -0.3 is 15.4 Å². The average molecular weight is 277 g/mol. The van der Waals surface area contributed by atoms with Crippen molar-refractivity contribution in [1.29, 1.82) is 0 Å². The Kier molecular flexibility index (Phi) is 5.08. The average Bonchev–Trinajstić information content (AvgIpc) is 2.56. The van der Waals surface area contributed by atoms with Gasteiger partial charge in [-0.3, -0.25) is 0 Å². The molecular weight excluding hydrogens is 260 g/mol. The lowest BCUT2D eigenvalue weighted by Crippen LogP contribution is -2.34. The number of anilines is 1. The lowest BCUT2D eigenvalue weighted by atomic mass is 10.2. The number of nitrogens with one attached hydrogen (secondary N) is 2. The molecule has 2 N–H and O–H groups in total. The predicted octanol–water partition coefficient (Wildman–Crippen LogP) is 3.34. The van der Waals surface area contributed by atoms with Gasteiger partial charge in [-0.1, -0.05) is 11.6 Å². The van der Waals surface area contributed by atoms with E-state index in [4.69, 9.17) is 16.3 Å². The zero-order chi connectivity index (χ0) is 12.9. The van der Waals surface area contributed by atoms with Gasteiger partial charge in [0, 0.05) is 13.1 Å². The number of carbonyl (C=O) groups excluding carboxylic acids is 1. The summed E-state index contributed by atoms with van der Waals surface area (Å²) < 4.78 is 5.84. The van der Waals surface area contributed by atoms with Crippen LogP contribution in [0.5, 0.6) is 0 Å². The number of halogens is 1. The second kappa shape index (κ2) is 6.12. The van der Waals surface area contributed by atoms with Crippen LogP contribution in [0.2, 0.25) is 4.34 Å². The Bertz CT molecular complexity index is 374. The molecule has 6 heteroatoms. The van der Waals surface area contributed by atoms with Crippen molar-refractivity contribution >= 4 is 34.0 Å². The smallest absolute Gasteiger partial charge is 0.407 e. The molecule has 0 aliphatic carbocycles. The quantitative estimate of drug-likeness (QED) is 0.830. The fourth-order valence-electron chi connectivity index (χ4n) is 1.07. The first kappa shape index (κ1) is 14.1. The summed E-state index contributed by atoms with van der Waals surface area (Å²) in [6, 6.07) is 3.73. The summed E-state index contributed by atoms with van der Waals surface area (Å²) in [4.78, 5) is 11.3. The maximum absolute atomic E-state index is 11.3. The van der Waals surface area contributed by atoms with Crippen LogP contribution in [0.25, 0.3) is 0 Å². The van der Waals surface area contributed by atoms with E-state index in [1.165, 1.54) is 11.3 Å². The molecule has 0 aliphatic heterocycles. The predicted molar refractivity (Wildman–Crippen MR) is 72.1 cm³/mol. The van der Waals surface area contributed by atoms with E-state index in [2.05, 4.69) is 10.6 Å². The van der Waals surface area contributed by atoms with E-state index in [1.54, 1.807) is 0 Å². The van der Waals surface area contributed by atoms with E-state index >= 15 is 0 Å². The van der Waals surface area contributed by atoms with Gasteiger partial charge in [-0.05, 0) is 32.9 Å². The van der Waals surface area contributed by atoms with Crippen molar-refractivity contribution in [1.82, 2.24) is 5.32 Å². The fraction of sp³-hybridized carbons (Fsp3) is 0.545. The van der Waals surface area contributed by atoms with Gasteiger partial charge in [-0.15, -0.1) is 11.3 Å². The molecule has 0 radical (unpaired) electrons. The highest BCUT2D eigenvalue weighted by atomic mass is 35.5. The maximum atomic E-state index is 11.3. The second-order valence-corrected chi connectivity index (χ2v) is 6.17. The fourth-order valence-corrected chi connectivity index (χ4v) is 2.04. The molecule has 96 valence electrons. The van der Waals surface area contributed by atoms with Gasteiger partial charge in [0.2, 0.25) is 0 Å². The summed E-state index contributed by atoms with van der Waals surface area (Å²) in [5.74, 6) is 0. The van der Waals surface area contributed by atoms with Gasteiger partial charge in [0.1, 0.15) is 5.60 Å². The Morgan fingerprint density at radius 3 is 2.65 bits per heavy atom. The Balaban J connectivity index is 2.14. The van der Waals surface area contributed by atoms with Crippen molar-refractivity contribution in [3.8, 4) is 0 Å². The molecule has 1 aromatic heterocycles. The molecule has 1 aromatic rings. The lowest BCUT2D eigenvalue weighted by Gasteiger charge is -2.19. The molecule has 1 heterocycles. The minimum atomic E-state index is -0.460. The van der Waals surface area contributed by atoms with Crippen LogP contribution in [0, 0.1) is 0 Å². The molecule has 0 unspecified atom stereocenters. The van der Waals surface area contributed by atoms with E-state index in [9.17, 15) is 4.79 Å². The molecule has 1 rings (SSSR count). The van der Waals surface area contributed by atoms with Crippen molar-refractivity contribution in [2.45, 2.75) is 26.4 Å². The molecule has 0 fully saturated rings. The Morgan fingerprint density at radius 1 is 1.41 bits per heavy atom. The van der Waals surface area contributed by atoms with E-state index < -0.39 is 11.7 Å². The molecule has 17 heavy (non-hydrogen) atoms. The molecular formula is C11H17ClN2O2S. The SMILES string of the molecule is CC(C)(C)OC(=O)NCCNc1ccc(Cl)s1. The third kappa shape index (κ3) is 6.38. The van der Waals surface area contributed by atoms with E-state index in [-0.39, 0.29) is 0 Å². The first-order chi connectivity index (χ1) is 7.87. The van der Waals surface area contributed by atoms with Crippen molar-refractivity contribution in [2.24, 2.45) is 0 Å². The topological polar surface area (TPSA) is 50.4 Å². The van der Waals surface area contributed by atoms with E-state index in [0.717, 1.165) is 9.34 Å². The second-order valence-electron chi connectivity index (χ2n) is 4.46. The minimum absolute atomic E-state index is 0.400. The van der Waals surface area contributed by atoms with E-state index in [1.807, 2.05) is 32.9 Å². The monoisotopic (exact) mass is 276 g/mol. The van der Waals surface area contributed by atoms with Crippen LogP contribution in [0.3, 0.4) is 0 Å². The number of thiophene rings is 1. The van der Waals surface area contributed by atoms with Crippen molar-refractivity contribution in [3.63, 3.8) is 0 Å². The van der Waals surface area contributed by atoms with Gasteiger partial charge in [-0.25, -0.2) is 4.79 Å². The number of rotatable bonds is 4. The van der Waals surface area contributed by atoms with Crippen LogP contribution < -0.4 is 10.6 Å². The number of amides is 1. The summed E-state index contributed by atoms with van der Waals surface area (Å²) in [5.41, 5.74) is -0.460. The van der Waals surface area contributed by atoms with Crippen LogP contribution in [0.1, 0.15) is 20.8 Å². The van der Waals surface area contributed by atoms with Crippen molar-refractivity contribution in [3.05, 3.63) is 16.5 Å². The van der Waals surface area contributed by atoms with Gasteiger partial charge in [0.05, 0.1) is 9.34 Å². The molecule has 0 bridgehead atoms. The summed E-state index contributed by atoms with van der Waals surface area (Å²) in [6.45, 7) is 6.63. The number of hydrogen-bond acceptors (Lipinski definition) is 4. The Hall–Kier alpha value is -0.940. The highest BCUT2D eigenvalue weighted by Crippen LogP contribution is 2.25. The zero-order valence-electron chi connectivity index (χ0n) is 10.2. The molecule has 0 saturated heterocycles. The molecule has 0 aromatic carbocycles. The lowest BCUT2D eigenvalue weighted by molar-refractivity contribution is 0.0530. The summed E-state index contributed by atoms with van der Waals surface area (Å²) in [6.07, 6.45) is -0.400. The first-order valence-corrected chi connectivity index (χ1v) is 6.52. The van der Waals surface area contributed by atoms with Gasteiger partial charge in [0.15, 0.2) is 0 Å². The molecule has 1 amide bonds. The standard InChI is InChI=1S/C11H17ClN2O2S/c1-11(2,3)16-10(15)14-7-6-13-9-5-4-8(12)17-9/h4-5,13H,6-7H2,1-3H3,(H,14,15). The molecule has 0 atom stereocenters. The van der Waals surface area contributed by atoms with E-state index in [0.29, 0.717) is 13.1 Å². The highest BCUT2D eigenvalue weighted by molar-refractivity contribution is 7.19. The molecule has 0 spiro atoms. The number of hydrogen-bond donors (Lipinski definition) is 2. The maximum Gasteiger partial charge on any atom is 0.407 e. The van der Waals surface area contributed by atoms with Crippen molar-refractivity contribution < 1.29 is 9.53 Å².